The minimum Gasteiger partial charge on any atom is -0.378 e. The van der Waals surface area contributed by atoms with Crippen LogP contribution in [0.3, 0.4) is 0 Å². The molecule has 48 heavy (non-hydrogen) atoms. The highest BCUT2D eigenvalue weighted by Gasteiger charge is 2.29. The minimum atomic E-state index is -0.233. The van der Waals surface area contributed by atoms with Gasteiger partial charge < -0.3 is 24.1 Å². The van der Waals surface area contributed by atoms with Crippen molar-refractivity contribution in [3.8, 4) is 11.1 Å². The van der Waals surface area contributed by atoms with E-state index in [0.717, 1.165) is 77.2 Å². The number of pyridine rings is 3. The van der Waals surface area contributed by atoms with Gasteiger partial charge in [0.1, 0.15) is 17.3 Å². The van der Waals surface area contributed by atoms with E-state index < -0.39 is 0 Å². The van der Waals surface area contributed by atoms with Crippen molar-refractivity contribution < 1.29 is 14.3 Å². The van der Waals surface area contributed by atoms with Gasteiger partial charge in [-0.3, -0.25) is 24.2 Å². The normalized spacial score (nSPS) is 16.7. The molecule has 4 aromatic rings. The van der Waals surface area contributed by atoms with Gasteiger partial charge in [-0.15, -0.1) is 0 Å². The number of nitrogens with one attached hydrogen (secondary N) is 1. The van der Waals surface area contributed by atoms with E-state index in [0.29, 0.717) is 47.5 Å². The third-order valence-corrected chi connectivity index (χ3v) is 9.97. The molecule has 7 heterocycles. The summed E-state index contributed by atoms with van der Waals surface area (Å²) < 4.78 is 9.20. The lowest BCUT2D eigenvalue weighted by Gasteiger charge is -2.43. The fraction of sp³-hybridized carbons (Fsp3) is 0.417. The number of carbonyl (C=O) groups is 2. The summed E-state index contributed by atoms with van der Waals surface area (Å²) in [5, 5.41) is 3.18. The van der Waals surface area contributed by atoms with E-state index in [1.807, 2.05) is 18.3 Å². The smallest absolute Gasteiger partial charge is 0.274 e. The Bertz CT molecular complexity index is 1850. The van der Waals surface area contributed by atoms with E-state index in [1.54, 1.807) is 31.6 Å². The van der Waals surface area contributed by atoms with Crippen LogP contribution in [-0.4, -0.2) is 88.7 Å². The monoisotopic (exact) mass is 650 g/mol. The predicted octanol–water partition coefficient (Wildman–Crippen LogP) is 3.57. The third-order valence-electron chi connectivity index (χ3n) is 9.97. The van der Waals surface area contributed by atoms with Crippen LogP contribution in [0, 0.1) is 6.92 Å². The highest BCUT2D eigenvalue weighted by Crippen LogP contribution is 2.30. The van der Waals surface area contributed by atoms with E-state index >= 15 is 0 Å². The third kappa shape index (κ3) is 6.25. The molecule has 2 saturated heterocycles. The molecule has 0 atom stereocenters. The summed E-state index contributed by atoms with van der Waals surface area (Å²) in [7, 11) is 1.67. The molecule has 0 saturated carbocycles. The quantitative estimate of drug-likeness (QED) is 0.243. The van der Waals surface area contributed by atoms with Gasteiger partial charge in [0.05, 0.1) is 36.7 Å². The Morgan fingerprint density at radius 2 is 1.88 bits per heavy atom. The van der Waals surface area contributed by atoms with Crippen molar-refractivity contribution in [1.82, 2.24) is 24.0 Å². The average Bonchev–Trinajstić information content (AvgIpc) is 3.41. The molecule has 12 nitrogen and oxygen atoms in total. The molecular formula is C36H42N8O4. The molecule has 3 aliphatic rings. The number of hydrogen-bond acceptors (Lipinski definition) is 9. The van der Waals surface area contributed by atoms with Crippen molar-refractivity contribution in [3.63, 3.8) is 0 Å². The topological polar surface area (TPSA) is 118 Å². The van der Waals surface area contributed by atoms with E-state index in [2.05, 4.69) is 42.6 Å². The van der Waals surface area contributed by atoms with Gasteiger partial charge in [-0.25, -0.2) is 9.97 Å². The number of rotatable bonds is 11. The molecule has 0 aromatic carbocycles. The number of aldehydes is 1. The molecule has 7 rings (SSSR count). The van der Waals surface area contributed by atoms with Crippen molar-refractivity contribution in [1.29, 1.82) is 0 Å². The summed E-state index contributed by atoms with van der Waals surface area (Å²) in [4.78, 5) is 53.6. The van der Waals surface area contributed by atoms with Crippen LogP contribution in [0.4, 0.5) is 23.0 Å². The average molecular weight is 651 g/mol. The van der Waals surface area contributed by atoms with Gasteiger partial charge in [0, 0.05) is 82.1 Å². The Morgan fingerprint density at radius 1 is 1.04 bits per heavy atom. The molecule has 0 bridgehead atoms. The predicted molar refractivity (Wildman–Crippen MR) is 185 cm³/mol. The van der Waals surface area contributed by atoms with Gasteiger partial charge in [0.15, 0.2) is 6.29 Å². The SMILES string of the molecule is Cc1cc2n(c1CCN(C=O)c1nccc(-c3cc(Nc4ccc(N5CCN(C6COC6)CC5)cn4)c(=O)n(C)c3)c1C=O)CCCC2. The molecule has 0 spiro atoms. The van der Waals surface area contributed by atoms with Crippen LogP contribution in [0.25, 0.3) is 11.1 Å². The molecule has 2 fully saturated rings. The second-order valence-electron chi connectivity index (χ2n) is 12.9. The molecule has 0 radical (unpaired) electrons. The number of fused-ring (bicyclic) bond motifs is 1. The van der Waals surface area contributed by atoms with E-state index in [4.69, 9.17) is 4.74 Å². The fourth-order valence-electron chi connectivity index (χ4n) is 7.20. The molecule has 250 valence electrons. The van der Waals surface area contributed by atoms with Crippen molar-refractivity contribution in [2.45, 2.75) is 45.2 Å². The molecular weight excluding hydrogens is 608 g/mol. The largest absolute Gasteiger partial charge is 0.378 e. The van der Waals surface area contributed by atoms with Gasteiger partial charge in [-0.05, 0) is 67.6 Å². The Hall–Kier alpha value is -4.81. The van der Waals surface area contributed by atoms with Crippen LogP contribution < -0.4 is 20.7 Å². The number of carbonyl (C=O) groups excluding carboxylic acids is 2. The van der Waals surface area contributed by atoms with Gasteiger partial charge in [-0.1, -0.05) is 0 Å². The second-order valence-corrected chi connectivity index (χ2v) is 12.9. The lowest BCUT2D eigenvalue weighted by Crippen LogP contribution is -2.56. The summed E-state index contributed by atoms with van der Waals surface area (Å²) in [6, 6.07) is 10.1. The van der Waals surface area contributed by atoms with Crippen LogP contribution in [0.2, 0.25) is 0 Å². The van der Waals surface area contributed by atoms with Crippen molar-refractivity contribution in [2.24, 2.45) is 7.05 Å². The maximum atomic E-state index is 13.2. The zero-order valence-electron chi connectivity index (χ0n) is 27.6. The van der Waals surface area contributed by atoms with E-state index in [9.17, 15) is 14.4 Å². The Labute approximate surface area is 280 Å². The van der Waals surface area contributed by atoms with Gasteiger partial charge in [0.2, 0.25) is 6.41 Å². The summed E-state index contributed by atoms with van der Waals surface area (Å²) >= 11 is 0. The van der Waals surface area contributed by atoms with Crippen molar-refractivity contribution in [3.05, 3.63) is 81.8 Å². The van der Waals surface area contributed by atoms with Gasteiger partial charge >= 0.3 is 0 Å². The van der Waals surface area contributed by atoms with Crippen LogP contribution >= 0.6 is 0 Å². The fourth-order valence-corrected chi connectivity index (χ4v) is 7.20. The number of hydrogen-bond donors (Lipinski definition) is 1. The molecule has 0 unspecified atom stereocenters. The number of ether oxygens (including phenoxy) is 1. The summed E-state index contributed by atoms with van der Waals surface area (Å²) in [5.41, 5.74) is 6.42. The van der Waals surface area contributed by atoms with Crippen molar-refractivity contribution in [2.75, 3.05) is 61.1 Å². The van der Waals surface area contributed by atoms with Crippen LogP contribution in [0.1, 0.15) is 40.2 Å². The van der Waals surface area contributed by atoms with E-state index in [1.165, 1.54) is 32.8 Å². The standard InChI is InChI=1S/C36H42N8O4/c1-25-17-27-5-3-4-11-44(27)33(25)9-12-43(24-46)35-31(21-45)30(8-10-37-35)26-18-32(36(47)40(2)20-26)39-34-7-6-28(19-38-34)41-13-15-42(16-14-41)29-22-48-23-29/h6-8,10,17-21,24,29H,3-5,9,11-16,22-23H2,1-2H3,(H,38,39). The first-order chi connectivity index (χ1) is 23.4. The number of amides is 1. The maximum Gasteiger partial charge on any atom is 0.274 e. The molecule has 3 aliphatic heterocycles. The number of anilines is 4. The molecule has 1 amide bonds. The summed E-state index contributed by atoms with van der Waals surface area (Å²) in [6.45, 7) is 8.99. The highest BCUT2D eigenvalue weighted by atomic mass is 16.5. The molecule has 0 aliphatic carbocycles. The van der Waals surface area contributed by atoms with Gasteiger partial charge in [-0.2, -0.15) is 0 Å². The maximum absolute atomic E-state index is 13.2. The number of nitrogens with zero attached hydrogens (tertiary/aromatic N) is 7. The first-order valence-corrected chi connectivity index (χ1v) is 16.8. The summed E-state index contributed by atoms with van der Waals surface area (Å²) in [6.07, 6.45) is 10.7. The van der Waals surface area contributed by atoms with Crippen molar-refractivity contribution >= 4 is 35.7 Å². The molecule has 4 aromatic heterocycles. The Morgan fingerprint density at radius 3 is 2.58 bits per heavy atom. The molecule has 1 N–H and O–H groups in total. The first kappa shape index (κ1) is 31.8. The van der Waals surface area contributed by atoms with Crippen LogP contribution in [-0.2, 0) is 36.0 Å². The minimum absolute atomic E-state index is 0.233. The lowest BCUT2D eigenvalue weighted by atomic mass is 10.0. The summed E-state index contributed by atoms with van der Waals surface area (Å²) in [5.74, 6) is 0.835. The first-order valence-electron chi connectivity index (χ1n) is 16.8. The van der Waals surface area contributed by atoms with Crippen LogP contribution in [0.15, 0.2) is 53.7 Å². The lowest BCUT2D eigenvalue weighted by molar-refractivity contribution is -0.107. The second kappa shape index (κ2) is 13.7. The Balaban J connectivity index is 1.09. The number of aromatic nitrogens is 4. The van der Waals surface area contributed by atoms with Crippen LogP contribution in [0.5, 0.6) is 0 Å². The Kier molecular flexibility index (Phi) is 9.09. The van der Waals surface area contributed by atoms with E-state index in [-0.39, 0.29) is 11.1 Å². The number of piperazine rings is 1. The zero-order valence-corrected chi connectivity index (χ0v) is 27.6. The van der Waals surface area contributed by atoms with Gasteiger partial charge in [0.25, 0.3) is 5.56 Å². The highest BCUT2D eigenvalue weighted by molar-refractivity contribution is 5.96. The number of aryl methyl sites for hydroxylation is 3. The zero-order chi connectivity index (χ0) is 33.2. The molecule has 12 heteroatoms.